The van der Waals surface area contributed by atoms with Gasteiger partial charge in [-0.3, -0.25) is 4.79 Å². The largest absolute Gasteiger partial charge is 0.348 e. The number of nitrogens with zero attached hydrogens (tertiary/aromatic N) is 1. The third-order valence-electron chi connectivity index (χ3n) is 2.52. The fraction of sp³-hybridized carbons (Fsp3) is 0.889. The molecule has 1 rings (SSSR count). The van der Waals surface area contributed by atoms with Crippen molar-refractivity contribution in [1.29, 1.82) is 0 Å². The van der Waals surface area contributed by atoms with E-state index in [2.05, 4.69) is 5.32 Å². The van der Waals surface area contributed by atoms with Crippen LogP contribution in [0.15, 0.2) is 0 Å². The van der Waals surface area contributed by atoms with Crippen LogP contribution in [0.3, 0.4) is 0 Å². The minimum Gasteiger partial charge on any atom is -0.348 e. The molecule has 1 aliphatic heterocycles. The Morgan fingerprint density at radius 2 is 2.17 bits per heavy atom. The number of piperidine rings is 1. The number of hydrogen-bond acceptors (Lipinski definition) is 2. The lowest BCUT2D eigenvalue weighted by Crippen LogP contribution is -2.48. The first-order chi connectivity index (χ1) is 5.56. The molecule has 0 bridgehead atoms. The Kier molecular flexibility index (Phi) is 2.73. The number of hydrogen-bond donors (Lipinski definition) is 1. The van der Waals surface area contributed by atoms with Gasteiger partial charge in [0.25, 0.3) is 0 Å². The number of amides is 1. The standard InChI is InChI=1S/C9H18N2O/c1-9(8(12)11(2)3)5-4-6-10-7-9/h10H,4-7H2,1-3H3/t9-/m1/s1. The molecule has 0 radical (unpaired) electrons. The highest BCUT2D eigenvalue weighted by Gasteiger charge is 2.35. The van der Waals surface area contributed by atoms with Crippen molar-refractivity contribution in [2.45, 2.75) is 19.8 Å². The van der Waals surface area contributed by atoms with E-state index in [0.717, 1.165) is 25.9 Å². The van der Waals surface area contributed by atoms with Crippen molar-refractivity contribution in [3.05, 3.63) is 0 Å². The van der Waals surface area contributed by atoms with Crippen molar-refractivity contribution in [3.8, 4) is 0 Å². The second-order valence-electron chi connectivity index (χ2n) is 4.04. The maximum absolute atomic E-state index is 11.7. The fourth-order valence-corrected chi connectivity index (χ4v) is 1.78. The summed E-state index contributed by atoms with van der Waals surface area (Å²) in [6.07, 6.45) is 2.12. The summed E-state index contributed by atoms with van der Waals surface area (Å²) in [6, 6.07) is 0. The Bertz CT molecular complexity index is 171. The van der Waals surface area contributed by atoms with Crippen LogP contribution >= 0.6 is 0 Å². The van der Waals surface area contributed by atoms with Crippen molar-refractivity contribution < 1.29 is 4.79 Å². The molecule has 0 spiro atoms. The van der Waals surface area contributed by atoms with Crippen LogP contribution in [0.2, 0.25) is 0 Å². The van der Waals surface area contributed by atoms with E-state index in [-0.39, 0.29) is 11.3 Å². The Hall–Kier alpha value is -0.570. The van der Waals surface area contributed by atoms with Crippen LogP contribution in [0.4, 0.5) is 0 Å². The number of carbonyl (C=O) groups excluding carboxylic acids is 1. The molecule has 0 aromatic carbocycles. The van der Waals surface area contributed by atoms with E-state index in [1.165, 1.54) is 0 Å². The van der Waals surface area contributed by atoms with E-state index in [4.69, 9.17) is 0 Å². The summed E-state index contributed by atoms with van der Waals surface area (Å²) in [4.78, 5) is 13.4. The average molecular weight is 170 g/mol. The molecule has 3 nitrogen and oxygen atoms in total. The smallest absolute Gasteiger partial charge is 0.229 e. The van der Waals surface area contributed by atoms with Crippen molar-refractivity contribution in [2.75, 3.05) is 27.2 Å². The van der Waals surface area contributed by atoms with Crippen LogP contribution in [-0.4, -0.2) is 38.0 Å². The molecule has 0 saturated carbocycles. The molecular weight excluding hydrogens is 152 g/mol. The molecule has 1 atom stereocenters. The topological polar surface area (TPSA) is 32.3 Å². The summed E-state index contributed by atoms with van der Waals surface area (Å²) in [6.45, 7) is 3.92. The summed E-state index contributed by atoms with van der Waals surface area (Å²) in [5.74, 6) is 0.245. The Balaban J connectivity index is 2.62. The van der Waals surface area contributed by atoms with Gasteiger partial charge < -0.3 is 10.2 Å². The SMILES string of the molecule is CN(C)C(=O)[C@]1(C)CCCNC1. The van der Waals surface area contributed by atoms with Crippen LogP contribution in [0.5, 0.6) is 0 Å². The zero-order valence-corrected chi connectivity index (χ0v) is 8.18. The summed E-state index contributed by atoms with van der Waals surface area (Å²) >= 11 is 0. The van der Waals surface area contributed by atoms with Gasteiger partial charge in [0.2, 0.25) is 5.91 Å². The van der Waals surface area contributed by atoms with Crippen molar-refractivity contribution >= 4 is 5.91 Å². The maximum atomic E-state index is 11.7. The molecule has 1 fully saturated rings. The van der Waals surface area contributed by atoms with Crippen LogP contribution < -0.4 is 5.32 Å². The highest BCUT2D eigenvalue weighted by Crippen LogP contribution is 2.26. The molecule has 3 heteroatoms. The molecular formula is C9H18N2O. The molecule has 0 aliphatic carbocycles. The lowest BCUT2D eigenvalue weighted by atomic mass is 9.81. The van der Waals surface area contributed by atoms with Gasteiger partial charge in [-0.25, -0.2) is 0 Å². The zero-order valence-electron chi connectivity index (χ0n) is 8.18. The van der Waals surface area contributed by atoms with Gasteiger partial charge in [-0.15, -0.1) is 0 Å². The van der Waals surface area contributed by atoms with Gasteiger partial charge >= 0.3 is 0 Å². The van der Waals surface area contributed by atoms with E-state index in [0.29, 0.717) is 0 Å². The Morgan fingerprint density at radius 1 is 1.50 bits per heavy atom. The van der Waals surface area contributed by atoms with E-state index in [1.54, 1.807) is 4.90 Å². The number of carbonyl (C=O) groups is 1. The molecule has 1 heterocycles. The van der Waals surface area contributed by atoms with E-state index in [1.807, 2.05) is 21.0 Å². The van der Waals surface area contributed by atoms with Gasteiger partial charge in [-0.2, -0.15) is 0 Å². The minimum atomic E-state index is -0.165. The van der Waals surface area contributed by atoms with Gasteiger partial charge in [0.05, 0.1) is 5.41 Å². The van der Waals surface area contributed by atoms with Gasteiger partial charge in [0.1, 0.15) is 0 Å². The molecule has 1 saturated heterocycles. The zero-order chi connectivity index (χ0) is 9.19. The van der Waals surface area contributed by atoms with E-state index < -0.39 is 0 Å². The first-order valence-electron chi connectivity index (χ1n) is 4.49. The molecule has 0 aromatic rings. The van der Waals surface area contributed by atoms with Gasteiger partial charge in [-0.1, -0.05) is 0 Å². The monoisotopic (exact) mass is 170 g/mol. The fourth-order valence-electron chi connectivity index (χ4n) is 1.78. The molecule has 12 heavy (non-hydrogen) atoms. The molecule has 1 aliphatic rings. The summed E-state index contributed by atoms with van der Waals surface area (Å²) in [5, 5.41) is 3.26. The molecule has 0 unspecified atom stereocenters. The molecule has 70 valence electrons. The van der Waals surface area contributed by atoms with Crippen molar-refractivity contribution in [1.82, 2.24) is 10.2 Å². The van der Waals surface area contributed by atoms with Crippen LogP contribution in [0, 0.1) is 5.41 Å². The summed E-state index contributed by atoms with van der Waals surface area (Å²) in [7, 11) is 3.64. The van der Waals surface area contributed by atoms with Gasteiger partial charge in [0, 0.05) is 20.6 Å². The lowest BCUT2D eigenvalue weighted by molar-refractivity contribution is -0.139. The predicted octanol–water partition coefficient (Wildman–Crippen LogP) is 0.464. The van der Waals surface area contributed by atoms with Gasteiger partial charge in [-0.05, 0) is 26.3 Å². The van der Waals surface area contributed by atoms with Crippen LogP contribution in [-0.2, 0) is 4.79 Å². The van der Waals surface area contributed by atoms with E-state index >= 15 is 0 Å². The molecule has 1 amide bonds. The average Bonchev–Trinajstić information content (AvgIpc) is 2.04. The second kappa shape index (κ2) is 3.44. The van der Waals surface area contributed by atoms with Gasteiger partial charge in [0.15, 0.2) is 0 Å². The Morgan fingerprint density at radius 3 is 2.58 bits per heavy atom. The number of nitrogens with one attached hydrogen (secondary N) is 1. The molecule has 1 N–H and O–H groups in total. The minimum absolute atomic E-state index is 0.165. The number of rotatable bonds is 1. The third-order valence-corrected chi connectivity index (χ3v) is 2.52. The highest BCUT2D eigenvalue weighted by atomic mass is 16.2. The first kappa shape index (κ1) is 9.52. The van der Waals surface area contributed by atoms with Crippen molar-refractivity contribution in [3.63, 3.8) is 0 Å². The van der Waals surface area contributed by atoms with Crippen LogP contribution in [0.25, 0.3) is 0 Å². The molecule has 0 aromatic heterocycles. The highest BCUT2D eigenvalue weighted by molar-refractivity contribution is 5.82. The predicted molar refractivity (Wildman–Crippen MR) is 48.9 cm³/mol. The lowest BCUT2D eigenvalue weighted by Gasteiger charge is -2.34. The maximum Gasteiger partial charge on any atom is 0.229 e. The van der Waals surface area contributed by atoms with Crippen molar-refractivity contribution in [2.24, 2.45) is 5.41 Å². The quantitative estimate of drug-likeness (QED) is 0.620. The second-order valence-corrected chi connectivity index (χ2v) is 4.04. The van der Waals surface area contributed by atoms with Crippen LogP contribution in [0.1, 0.15) is 19.8 Å². The summed E-state index contributed by atoms with van der Waals surface area (Å²) < 4.78 is 0. The van der Waals surface area contributed by atoms with E-state index in [9.17, 15) is 4.79 Å². The third kappa shape index (κ3) is 1.78. The Labute approximate surface area is 74.1 Å². The summed E-state index contributed by atoms with van der Waals surface area (Å²) in [5.41, 5.74) is -0.165. The first-order valence-corrected chi connectivity index (χ1v) is 4.49. The normalized spacial score (nSPS) is 29.9.